The van der Waals surface area contributed by atoms with Crippen LogP contribution in [0, 0.1) is 11.6 Å². The standard InChI is InChI=1S/C14H17BrF2N2/c15-12-6-9(16)7-13(17)14(12)19-5-1-2-11(8-19)18-10-3-4-10/h6-7,10-11,18H,1-5,8H2. The fraction of sp³-hybridized carbons (Fsp3) is 0.571. The van der Waals surface area contributed by atoms with Crippen molar-refractivity contribution in [3.63, 3.8) is 0 Å². The van der Waals surface area contributed by atoms with Gasteiger partial charge < -0.3 is 10.2 Å². The monoisotopic (exact) mass is 330 g/mol. The number of hydrogen-bond acceptors (Lipinski definition) is 2. The van der Waals surface area contributed by atoms with Crippen molar-refractivity contribution < 1.29 is 8.78 Å². The van der Waals surface area contributed by atoms with Crippen molar-refractivity contribution in [3.05, 3.63) is 28.2 Å². The Kier molecular flexibility index (Phi) is 3.76. The van der Waals surface area contributed by atoms with Gasteiger partial charge in [-0.25, -0.2) is 8.78 Å². The van der Waals surface area contributed by atoms with E-state index in [0.29, 0.717) is 22.2 Å². The highest BCUT2D eigenvalue weighted by Gasteiger charge is 2.29. The Morgan fingerprint density at radius 2 is 1.95 bits per heavy atom. The van der Waals surface area contributed by atoms with Crippen molar-refractivity contribution in [1.29, 1.82) is 0 Å². The molecule has 0 radical (unpaired) electrons. The van der Waals surface area contributed by atoms with Gasteiger partial charge in [-0.3, -0.25) is 0 Å². The van der Waals surface area contributed by atoms with E-state index in [0.717, 1.165) is 32.0 Å². The van der Waals surface area contributed by atoms with Crippen LogP contribution >= 0.6 is 15.9 Å². The summed E-state index contributed by atoms with van der Waals surface area (Å²) in [6.07, 6.45) is 4.68. The molecule has 1 saturated carbocycles. The van der Waals surface area contributed by atoms with Crippen LogP contribution in [0.5, 0.6) is 0 Å². The molecular weight excluding hydrogens is 314 g/mol. The fourth-order valence-corrected chi connectivity index (χ4v) is 3.40. The maximum Gasteiger partial charge on any atom is 0.150 e. The molecule has 1 aromatic rings. The van der Waals surface area contributed by atoms with Crippen LogP contribution in [0.3, 0.4) is 0 Å². The van der Waals surface area contributed by atoms with E-state index in [9.17, 15) is 8.78 Å². The van der Waals surface area contributed by atoms with Crippen LogP contribution in [-0.4, -0.2) is 25.2 Å². The van der Waals surface area contributed by atoms with E-state index in [2.05, 4.69) is 21.2 Å². The Balaban J connectivity index is 1.77. The number of piperidine rings is 1. The quantitative estimate of drug-likeness (QED) is 0.913. The topological polar surface area (TPSA) is 15.3 Å². The lowest BCUT2D eigenvalue weighted by atomic mass is 10.0. The van der Waals surface area contributed by atoms with Gasteiger partial charge in [0.25, 0.3) is 0 Å². The summed E-state index contributed by atoms with van der Waals surface area (Å²) in [6.45, 7) is 1.61. The zero-order valence-electron chi connectivity index (χ0n) is 10.6. The summed E-state index contributed by atoms with van der Waals surface area (Å²) in [5, 5.41) is 3.59. The zero-order valence-corrected chi connectivity index (χ0v) is 12.2. The average Bonchev–Trinajstić information content (AvgIpc) is 3.12. The van der Waals surface area contributed by atoms with E-state index in [4.69, 9.17) is 0 Å². The van der Waals surface area contributed by atoms with Crippen LogP contribution in [-0.2, 0) is 0 Å². The molecule has 2 nitrogen and oxygen atoms in total. The molecule has 3 rings (SSSR count). The second-order valence-corrected chi connectivity index (χ2v) is 6.30. The molecule has 1 saturated heterocycles. The number of hydrogen-bond donors (Lipinski definition) is 1. The molecule has 0 spiro atoms. The minimum absolute atomic E-state index is 0.414. The third kappa shape index (κ3) is 3.08. The number of halogens is 3. The van der Waals surface area contributed by atoms with Gasteiger partial charge in [0.05, 0.1) is 5.69 Å². The largest absolute Gasteiger partial charge is 0.367 e. The van der Waals surface area contributed by atoms with Crippen molar-refractivity contribution in [3.8, 4) is 0 Å². The molecule has 19 heavy (non-hydrogen) atoms. The molecule has 104 valence electrons. The third-order valence-electron chi connectivity index (χ3n) is 3.77. The van der Waals surface area contributed by atoms with Gasteiger partial charge in [0.15, 0.2) is 5.82 Å². The lowest BCUT2D eigenvalue weighted by molar-refractivity contribution is 0.417. The minimum Gasteiger partial charge on any atom is -0.367 e. The van der Waals surface area contributed by atoms with E-state index in [1.54, 1.807) is 0 Å². The Morgan fingerprint density at radius 1 is 1.16 bits per heavy atom. The molecule has 0 bridgehead atoms. The van der Waals surface area contributed by atoms with Gasteiger partial charge in [-0.1, -0.05) is 0 Å². The Hall–Kier alpha value is -0.680. The Bertz CT molecular complexity index is 454. The summed E-state index contributed by atoms with van der Waals surface area (Å²) in [7, 11) is 0. The van der Waals surface area contributed by atoms with E-state index < -0.39 is 11.6 Å². The first-order valence-electron chi connectivity index (χ1n) is 6.79. The predicted octanol–water partition coefficient (Wildman–Crippen LogP) is 3.45. The molecule has 1 heterocycles. The first kappa shape index (κ1) is 13.3. The maximum absolute atomic E-state index is 14.0. The second kappa shape index (κ2) is 5.37. The highest BCUT2D eigenvalue weighted by Crippen LogP contribution is 2.33. The number of rotatable bonds is 3. The van der Waals surface area contributed by atoms with Crippen LogP contribution in [0.2, 0.25) is 0 Å². The van der Waals surface area contributed by atoms with Crippen molar-refractivity contribution in [2.45, 2.75) is 37.8 Å². The molecule has 1 atom stereocenters. The first-order chi connectivity index (χ1) is 9.13. The van der Waals surface area contributed by atoms with E-state index >= 15 is 0 Å². The van der Waals surface area contributed by atoms with Crippen molar-refractivity contribution in [2.24, 2.45) is 0 Å². The summed E-state index contributed by atoms with van der Waals surface area (Å²) in [6, 6.07) is 3.36. The maximum atomic E-state index is 14.0. The van der Waals surface area contributed by atoms with Crippen molar-refractivity contribution in [1.82, 2.24) is 5.32 Å². The van der Waals surface area contributed by atoms with Gasteiger partial charge in [-0.2, -0.15) is 0 Å². The molecule has 0 aromatic heterocycles. The lowest BCUT2D eigenvalue weighted by Gasteiger charge is -2.35. The molecule has 0 amide bonds. The van der Waals surface area contributed by atoms with Gasteiger partial charge in [0.1, 0.15) is 5.82 Å². The van der Waals surface area contributed by atoms with Crippen LogP contribution in [0.25, 0.3) is 0 Å². The predicted molar refractivity (Wildman–Crippen MR) is 75.5 cm³/mol. The van der Waals surface area contributed by atoms with Crippen molar-refractivity contribution >= 4 is 21.6 Å². The molecule has 1 unspecified atom stereocenters. The lowest BCUT2D eigenvalue weighted by Crippen LogP contribution is -2.46. The van der Waals surface area contributed by atoms with Gasteiger partial charge in [0.2, 0.25) is 0 Å². The second-order valence-electron chi connectivity index (χ2n) is 5.44. The molecule has 1 aromatic carbocycles. The molecular formula is C14H17BrF2N2. The molecule has 2 fully saturated rings. The SMILES string of the molecule is Fc1cc(F)c(N2CCCC(NC3CC3)C2)c(Br)c1. The van der Waals surface area contributed by atoms with Gasteiger partial charge in [-0.05, 0) is 47.7 Å². The Morgan fingerprint density at radius 3 is 2.63 bits per heavy atom. The Labute approximate surface area is 120 Å². The summed E-state index contributed by atoms with van der Waals surface area (Å²) < 4.78 is 27.6. The van der Waals surface area contributed by atoms with E-state index in [-0.39, 0.29) is 0 Å². The highest BCUT2D eigenvalue weighted by molar-refractivity contribution is 9.10. The first-order valence-corrected chi connectivity index (χ1v) is 7.58. The molecule has 1 aliphatic carbocycles. The summed E-state index contributed by atoms with van der Waals surface area (Å²) in [5.74, 6) is -1.03. The van der Waals surface area contributed by atoms with Crippen LogP contribution in [0.4, 0.5) is 14.5 Å². The number of benzene rings is 1. The van der Waals surface area contributed by atoms with Gasteiger partial charge >= 0.3 is 0 Å². The van der Waals surface area contributed by atoms with Crippen molar-refractivity contribution in [2.75, 3.05) is 18.0 Å². The third-order valence-corrected chi connectivity index (χ3v) is 4.37. The summed E-state index contributed by atoms with van der Waals surface area (Å²) in [4.78, 5) is 2.02. The van der Waals surface area contributed by atoms with Crippen LogP contribution < -0.4 is 10.2 Å². The molecule has 5 heteroatoms. The fourth-order valence-electron chi connectivity index (χ4n) is 2.74. The number of nitrogens with one attached hydrogen (secondary N) is 1. The summed E-state index contributed by atoms with van der Waals surface area (Å²) >= 11 is 3.27. The van der Waals surface area contributed by atoms with E-state index in [1.807, 2.05) is 4.90 Å². The van der Waals surface area contributed by atoms with Crippen LogP contribution in [0.1, 0.15) is 25.7 Å². The smallest absolute Gasteiger partial charge is 0.150 e. The zero-order chi connectivity index (χ0) is 13.4. The molecule has 1 aliphatic heterocycles. The van der Waals surface area contributed by atoms with Gasteiger partial charge in [-0.15, -0.1) is 0 Å². The molecule has 1 N–H and O–H groups in total. The van der Waals surface area contributed by atoms with Crippen LogP contribution in [0.15, 0.2) is 16.6 Å². The minimum atomic E-state index is -0.544. The van der Waals surface area contributed by atoms with Gasteiger partial charge in [0, 0.05) is 35.7 Å². The normalized spacial score (nSPS) is 23.7. The highest BCUT2D eigenvalue weighted by atomic mass is 79.9. The number of nitrogens with zero attached hydrogens (tertiary/aromatic N) is 1. The number of anilines is 1. The summed E-state index contributed by atoms with van der Waals surface area (Å²) in [5.41, 5.74) is 0.490. The molecule has 2 aliphatic rings. The van der Waals surface area contributed by atoms with E-state index in [1.165, 1.54) is 18.9 Å². The average molecular weight is 331 g/mol.